The van der Waals surface area contributed by atoms with Gasteiger partial charge < -0.3 is 10.6 Å². The molecule has 0 aliphatic heterocycles. The first-order valence-corrected chi connectivity index (χ1v) is 9.54. The molecule has 0 fully saturated rings. The number of rotatable bonds is 9. The van der Waals surface area contributed by atoms with Crippen molar-refractivity contribution in [3.63, 3.8) is 0 Å². The number of halogens is 3. The minimum absolute atomic E-state index is 0.612. The summed E-state index contributed by atoms with van der Waals surface area (Å²) < 4.78 is 37.6. The number of hydrogen-bond acceptors (Lipinski definition) is 2. The monoisotopic (exact) mass is 361 g/mol. The first kappa shape index (κ1) is 20.7. The van der Waals surface area contributed by atoms with Crippen molar-refractivity contribution in [2.45, 2.75) is 32.4 Å². The van der Waals surface area contributed by atoms with Gasteiger partial charge in [-0.1, -0.05) is 12.1 Å². The van der Waals surface area contributed by atoms with E-state index >= 15 is 0 Å². The largest absolute Gasteiger partial charge is 0.416 e. The van der Waals surface area contributed by atoms with E-state index in [0.717, 1.165) is 55.3 Å². The second-order valence-electron chi connectivity index (χ2n) is 5.33. The average molecular weight is 361 g/mol. The maximum atomic E-state index is 12.5. The van der Waals surface area contributed by atoms with Crippen LogP contribution in [0.4, 0.5) is 13.2 Å². The molecule has 7 heteroatoms. The van der Waals surface area contributed by atoms with Crippen molar-refractivity contribution in [1.82, 2.24) is 10.6 Å². The lowest BCUT2D eigenvalue weighted by Crippen LogP contribution is -2.38. The lowest BCUT2D eigenvalue weighted by Gasteiger charge is -2.12. The second kappa shape index (κ2) is 11.2. The highest BCUT2D eigenvalue weighted by atomic mass is 32.2. The van der Waals surface area contributed by atoms with Gasteiger partial charge in [0.2, 0.25) is 0 Å². The number of hydrogen-bond donors (Lipinski definition) is 2. The zero-order valence-electron chi connectivity index (χ0n) is 14.2. The van der Waals surface area contributed by atoms with Crippen molar-refractivity contribution in [3.8, 4) is 0 Å². The molecule has 0 saturated heterocycles. The molecule has 0 spiro atoms. The number of nitrogens with one attached hydrogen (secondary N) is 2. The minimum Gasteiger partial charge on any atom is -0.357 e. The molecule has 0 unspecified atom stereocenters. The van der Waals surface area contributed by atoms with Crippen LogP contribution in [0.25, 0.3) is 0 Å². The Balaban J connectivity index is 2.40. The van der Waals surface area contributed by atoms with E-state index in [2.05, 4.69) is 21.9 Å². The molecule has 0 aliphatic rings. The van der Waals surface area contributed by atoms with E-state index in [1.165, 1.54) is 12.1 Å². The fraction of sp³-hybridized carbons (Fsp3) is 0.588. The van der Waals surface area contributed by atoms with E-state index in [0.29, 0.717) is 13.0 Å². The van der Waals surface area contributed by atoms with Crippen molar-refractivity contribution in [3.05, 3.63) is 35.4 Å². The average Bonchev–Trinajstić information content (AvgIpc) is 2.54. The molecular weight excluding hydrogens is 335 g/mol. The third-order valence-electron chi connectivity index (χ3n) is 3.36. The first-order valence-electron chi connectivity index (χ1n) is 8.14. The van der Waals surface area contributed by atoms with Crippen molar-refractivity contribution in [2.24, 2.45) is 4.99 Å². The van der Waals surface area contributed by atoms with Crippen LogP contribution in [-0.4, -0.2) is 37.6 Å². The molecule has 0 radical (unpaired) electrons. The van der Waals surface area contributed by atoms with Crippen LogP contribution in [0.1, 0.15) is 30.9 Å². The Morgan fingerprint density at radius 3 is 2.42 bits per heavy atom. The summed E-state index contributed by atoms with van der Waals surface area (Å²) in [4.78, 5) is 4.50. The number of guanidine groups is 1. The van der Waals surface area contributed by atoms with E-state index in [1.54, 1.807) is 0 Å². The molecule has 0 aliphatic carbocycles. The van der Waals surface area contributed by atoms with Gasteiger partial charge in [0.15, 0.2) is 5.96 Å². The summed E-state index contributed by atoms with van der Waals surface area (Å²) in [6.45, 7) is 4.18. The van der Waals surface area contributed by atoms with Gasteiger partial charge in [-0.05, 0) is 55.9 Å². The Hall–Kier alpha value is -1.37. The topological polar surface area (TPSA) is 36.4 Å². The Labute approximate surface area is 146 Å². The fourth-order valence-corrected chi connectivity index (χ4v) is 2.57. The first-order chi connectivity index (χ1) is 11.5. The molecule has 3 nitrogen and oxygen atoms in total. The Bertz CT molecular complexity index is 487. The summed E-state index contributed by atoms with van der Waals surface area (Å²) in [5.41, 5.74) is 0.255. The van der Waals surface area contributed by atoms with Gasteiger partial charge in [0.05, 0.1) is 5.56 Å². The second-order valence-corrected chi connectivity index (χ2v) is 6.32. The van der Waals surface area contributed by atoms with Crippen LogP contribution in [0.3, 0.4) is 0 Å². The molecule has 0 bridgehead atoms. The predicted octanol–water partition coefficient (Wildman–Crippen LogP) is 3.95. The van der Waals surface area contributed by atoms with Crippen LogP contribution in [0, 0.1) is 0 Å². The Kier molecular flexibility index (Phi) is 9.67. The SMILES string of the molecule is CCNC(=NCCCCSC)NCCc1ccc(C(F)(F)F)cc1. The molecule has 0 atom stereocenters. The Morgan fingerprint density at radius 2 is 1.83 bits per heavy atom. The van der Waals surface area contributed by atoms with Crippen molar-refractivity contribution in [1.29, 1.82) is 0 Å². The maximum Gasteiger partial charge on any atom is 0.416 e. The van der Waals surface area contributed by atoms with Crippen LogP contribution in [-0.2, 0) is 12.6 Å². The van der Waals surface area contributed by atoms with E-state index in [9.17, 15) is 13.2 Å². The van der Waals surface area contributed by atoms with Gasteiger partial charge in [0, 0.05) is 19.6 Å². The van der Waals surface area contributed by atoms with Gasteiger partial charge in [-0.3, -0.25) is 4.99 Å². The molecule has 0 amide bonds. The molecule has 0 aromatic heterocycles. The highest BCUT2D eigenvalue weighted by Gasteiger charge is 2.29. The number of alkyl halides is 3. The number of benzene rings is 1. The van der Waals surface area contributed by atoms with E-state index in [1.807, 2.05) is 18.7 Å². The van der Waals surface area contributed by atoms with Gasteiger partial charge in [-0.25, -0.2) is 0 Å². The van der Waals surface area contributed by atoms with Crippen LogP contribution in [0.2, 0.25) is 0 Å². The van der Waals surface area contributed by atoms with Crippen LogP contribution >= 0.6 is 11.8 Å². The molecule has 0 heterocycles. The maximum absolute atomic E-state index is 12.5. The van der Waals surface area contributed by atoms with Crippen LogP contribution < -0.4 is 10.6 Å². The van der Waals surface area contributed by atoms with Crippen LogP contribution in [0.5, 0.6) is 0 Å². The van der Waals surface area contributed by atoms with E-state index < -0.39 is 11.7 Å². The summed E-state index contributed by atoms with van der Waals surface area (Å²) in [6.07, 6.45) is 0.662. The van der Waals surface area contributed by atoms with Gasteiger partial charge in [-0.2, -0.15) is 24.9 Å². The van der Waals surface area contributed by atoms with Gasteiger partial charge in [0.1, 0.15) is 0 Å². The summed E-state index contributed by atoms with van der Waals surface area (Å²) in [5.74, 6) is 1.90. The van der Waals surface area contributed by atoms with Gasteiger partial charge >= 0.3 is 6.18 Å². The standard InChI is InChI=1S/C17H26F3N3S/c1-3-21-16(22-11-4-5-13-24-2)23-12-10-14-6-8-15(9-7-14)17(18,19)20/h6-9H,3-5,10-13H2,1-2H3,(H2,21,22,23). The zero-order valence-corrected chi connectivity index (χ0v) is 15.1. The number of thioether (sulfide) groups is 1. The summed E-state index contributed by atoms with van der Waals surface area (Å²) >= 11 is 1.83. The van der Waals surface area contributed by atoms with E-state index in [-0.39, 0.29) is 0 Å². The predicted molar refractivity (Wildman–Crippen MR) is 96.7 cm³/mol. The lowest BCUT2D eigenvalue weighted by atomic mass is 10.1. The van der Waals surface area contributed by atoms with Crippen molar-refractivity contribution < 1.29 is 13.2 Å². The van der Waals surface area contributed by atoms with Crippen LogP contribution in [0.15, 0.2) is 29.3 Å². The van der Waals surface area contributed by atoms with E-state index in [4.69, 9.17) is 0 Å². The molecule has 24 heavy (non-hydrogen) atoms. The van der Waals surface area contributed by atoms with Crippen molar-refractivity contribution in [2.75, 3.05) is 31.6 Å². The molecular formula is C17H26F3N3S. The lowest BCUT2D eigenvalue weighted by molar-refractivity contribution is -0.137. The minimum atomic E-state index is -4.28. The third-order valence-corrected chi connectivity index (χ3v) is 4.06. The molecule has 1 aromatic rings. The van der Waals surface area contributed by atoms with Gasteiger partial charge in [0.25, 0.3) is 0 Å². The summed E-state index contributed by atoms with van der Waals surface area (Å²) in [7, 11) is 0. The number of unbranched alkanes of at least 4 members (excludes halogenated alkanes) is 1. The number of aliphatic imine (C=N–C) groups is 1. The number of nitrogens with zero attached hydrogens (tertiary/aromatic N) is 1. The third kappa shape index (κ3) is 8.47. The highest BCUT2D eigenvalue weighted by molar-refractivity contribution is 7.98. The fourth-order valence-electron chi connectivity index (χ4n) is 2.08. The molecule has 1 rings (SSSR count). The normalized spacial score (nSPS) is 12.3. The quantitative estimate of drug-likeness (QED) is 0.397. The highest BCUT2D eigenvalue weighted by Crippen LogP contribution is 2.29. The van der Waals surface area contributed by atoms with Gasteiger partial charge in [-0.15, -0.1) is 0 Å². The molecule has 0 saturated carbocycles. The Morgan fingerprint density at radius 1 is 1.12 bits per heavy atom. The smallest absolute Gasteiger partial charge is 0.357 e. The molecule has 2 N–H and O–H groups in total. The molecule has 1 aromatic carbocycles. The summed E-state index contributed by atoms with van der Waals surface area (Å²) in [5, 5.41) is 6.39. The molecule has 136 valence electrons. The van der Waals surface area contributed by atoms with Crippen molar-refractivity contribution >= 4 is 17.7 Å². The zero-order chi connectivity index (χ0) is 17.8. The summed E-state index contributed by atoms with van der Waals surface area (Å²) in [6, 6.07) is 5.30.